The van der Waals surface area contributed by atoms with Gasteiger partial charge in [0.05, 0.1) is 17.8 Å². The highest BCUT2D eigenvalue weighted by Gasteiger charge is 2.15. The first-order valence-electron chi connectivity index (χ1n) is 6.39. The number of rotatable bonds is 3. The van der Waals surface area contributed by atoms with Crippen LogP contribution in [0.4, 0.5) is 0 Å². The minimum Gasteiger partial charge on any atom is -0.250 e. The van der Waals surface area contributed by atoms with Gasteiger partial charge in [-0.2, -0.15) is 10.2 Å². The molecule has 0 spiro atoms. The van der Waals surface area contributed by atoms with E-state index in [0.29, 0.717) is 5.88 Å². The van der Waals surface area contributed by atoms with E-state index < -0.39 is 0 Å². The Morgan fingerprint density at radius 1 is 1.15 bits per heavy atom. The summed E-state index contributed by atoms with van der Waals surface area (Å²) >= 11 is 6.03. The summed E-state index contributed by atoms with van der Waals surface area (Å²) in [4.78, 5) is 0. The largest absolute Gasteiger partial charge is 0.250 e. The van der Waals surface area contributed by atoms with E-state index in [1.807, 2.05) is 53.9 Å². The molecule has 0 unspecified atom stereocenters. The van der Waals surface area contributed by atoms with E-state index >= 15 is 0 Å². The first kappa shape index (κ1) is 12.9. The van der Waals surface area contributed by atoms with Crippen LogP contribution in [0.15, 0.2) is 42.7 Å². The third-order valence-corrected chi connectivity index (χ3v) is 3.62. The first-order valence-corrected chi connectivity index (χ1v) is 6.93. The van der Waals surface area contributed by atoms with Crippen molar-refractivity contribution in [3.63, 3.8) is 0 Å². The molecule has 4 nitrogen and oxygen atoms in total. The molecule has 0 aliphatic heterocycles. The van der Waals surface area contributed by atoms with Crippen LogP contribution < -0.4 is 0 Å². The zero-order valence-electron chi connectivity index (χ0n) is 11.4. The number of nitrogens with zero attached hydrogens (tertiary/aromatic N) is 4. The van der Waals surface area contributed by atoms with Gasteiger partial charge in [0.25, 0.3) is 0 Å². The molecule has 20 heavy (non-hydrogen) atoms. The lowest BCUT2D eigenvalue weighted by Gasteiger charge is -2.04. The minimum atomic E-state index is 0.426. The molecular formula is C15H15ClN4. The van der Waals surface area contributed by atoms with Crippen molar-refractivity contribution in [3.8, 4) is 16.9 Å². The van der Waals surface area contributed by atoms with Gasteiger partial charge in [-0.3, -0.25) is 4.68 Å². The second-order valence-electron chi connectivity index (χ2n) is 4.68. The number of hydrogen-bond donors (Lipinski definition) is 0. The zero-order chi connectivity index (χ0) is 14.1. The van der Waals surface area contributed by atoms with Gasteiger partial charge in [-0.25, -0.2) is 4.68 Å². The van der Waals surface area contributed by atoms with E-state index in [0.717, 1.165) is 28.2 Å². The third kappa shape index (κ3) is 2.12. The molecule has 1 aromatic carbocycles. The summed E-state index contributed by atoms with van der Waals surface area (Å²) in [5.74, 6) is 1.34. The summed E-state index contributed by atoms with van der Waals surface area (Å²) in [5.41, 5.74) is 4.17. The van der Waals surface area contributed by atoms with E-state index in [9.17, 15) is 0 Å². The van der Waals surface area contributed by atoms with Crippen LogP contribution in [0.1, 0.15) is 11.3 Å². The Morgan fingerprint density at radius 3 is 2.60 bits per heavy atom. The Bertz CT molecular complexity index is 728. The number of hydrogen-bond acceptors (Lipinski definition) is 2. The number of aromatic nitrogens is 4. The van der Waals surface area contributed by atoms with Crippen LogP contribution >= 0.6 is 11.6 Å². The molecule has 0 bridgehead atoms. The first-order chi connectivity index (χ1) is 9.70. The fourth-order valence-corrected chi connectivity index (χ4v) is 2.66. The van der Waals surface area contributed by atoms with E-state index in [1.165, 1.54) is 0 Å². The SMILES string of the molecule is Cc1nn(C)c(-n2cc(-c3ccccc3)cn2)c1CCl. The average molecular weight is 287 g/mol. The normalized spacial score (nSPS) is 10.9. The van der Waals surface area contributed by atoms with Gasteiger partial charge in [-0.05, 0) is 12.5 Å². The Labute approximate surface area is 122 Å². The number of aryl methyl sites for hydroxylation is 2. The van der Waals surface area contributed by atoms with Gasteiger partial charge in [0, 0.05) is 24.4 Å². The molecule has 2 heterocycles. The second-order valence-corrected chi connectivity index (χ2v) is 4.95. The molecule has 3 aromatic rings. The predicted molar refractivity (Wildman–Crippen MR) is 80.1 cm³/mol. The Hall–Kier alpha value is -2.07. The lowest BCUT2D eigenvalue weighted by Crippen LogP contribution is -2.05. The van der Waals surface area contributed by atoms with Crippen LogP contribution in [0, 0.1) is 6.92 Å². The van der Waals surface area contributed by atoms with Gasteiger partial charge in [0.1, 0.15) is 0 Å². The molecule has 0 amide bonds. The van der Waals surface area contributed by atoms with Crippen LogP contribution in [-0.4, -0.2) is 19.6 Å². The third-order valence-electron chi connectivity index (χ3n) is 3.35. The molecular weight excluding hydrogens is 272 g/mol. The van der Waals surface area contributed by atoms with E-state index in [2.05, 4.69) is 22.3 Å². The highest BCUT2D eigenvalue weighted by atomic mass is 35.5. The van der Waals surface area contributed by atoms with Gasteiger partial charge in [-0.15, -0.1) is 11.6 Å². The number of alkyl halides is 1. The van der Waals surface area contributed by atoms with Crippen molar-refractivity contribution in [2.24, 2.45) is 7.05 Å². The minimum absolute atomic E-state index is 0.426. The predicted octanol–water partition coefficient (Wildman–Crippen LogP) is 3.32. The summed E-state index contributed by atoms with van der Waals surface area (Å²) in [7, 11) is 1.91. The summed E-state index contributed by atoms with van der Waals surface area (Å²) in [6.45, 7) is 1.96. The van der Waals surface area contributed by atoms with Gasteiger partial charge in [0.2, 0.25) is 0 Å². The van der Waals surface area contributed by atoms with Crippen LogP contribution in [0.25, 0.3) is 16.9 Å². The molecule has 0 aliphatic carbocycles. The molecule has 0 saturated heterocycles. The summed E-state index contributed by atoms with van der Waals surface area (Å²) in [6.07, 6.45) is 3.86. The lowest BCUT2D eigenvalue weighted by atomic mass is 10.1. The summed E-state index contributed by atoms with van der Waals surface area (Å²) in [6, 6.07) is 10.2. The van der Waals surface area contributed by atoms with Crippen molar-refractivity contribution >= 4 is 11.6 Å². The maximum Gasteiger partial charge on any atom is 0.156 e. The Kier molecular flexibility index (Phi) is 3.32. The average Bonchev–Trinajstić information content (AvgIpc) is 3.03. The molecule has 102 valence electrons. The van der Waals surface area contributed by atoms with Crippen LogP contribution in [0.3, 0.4) is 0 Å². The molecule has 5 heteroatoms. The quantitative estimate of drug-likeness (QED) is 0.693. The van der Waals surface area contributed by atoms with E-state index in [4.69, 9.17) is 11.6 Å². The maximum absolute atomic E-state index is 6.03. The molecule has 0 atom stereocenters. The van der Waals surface area contributed by atoms with Gasteiger partial charge < -0.3 is 0 Å². The van der Waals surface area contributed by atoms with E-state index in [-0.39, 0.29) is 0 Å². The summed E-state index contributed by atoms with van der Waals surface area (Å²) < 4.78 is 3.65. The van der Waals surface area contributed by atoms with Crippen LogP contribution in [0.2, 0.25) is 0 Å². The highest BCUT2D eigenvalue weighted by molar-refractivity contribution is 6.17. The molecule has 3 rings (SSSR count). The van der Waals surface area contributed by atoms with Crippen molar-refractivity contribution in [3.05, 3.63) is 54.0 Å². The molecule has 2 aromatic heterocycles. The highest BCUT2D eigenvalue weighted by Crippen LogP contribution is 2.23. The monoisotopic (exact) mass is 286 g/mol. The van der Waals surface area contributed by atoms with Crippen molar-refractivity contribution in [1.82, 2.24) is 19.6 Å². The molecule has 0 fully saturated rings. The lowest BCUT2D eigenvalue weighted by molar-refractivity contribution is 0.692. The van der Waals surface area contributed by atoms with Gasteiger partial charge >= 0.3 is 0 Å². The molecule has 0 radical (unpaired) electrons. The van der Waals surface area contributed by atoms with E-state index in [1.54, 1.807) is 0 Å². The Balaban J connectivity index is 2.07. The molecule has 0 aliphatic rings. The maximum atomic E-state index is 6.03. The van der Waals surface area contributed by atoms with Crippen molar-refractivity contribution < 1.29 is 0 Å². The van der Waals surface area contributed by atoms with Crippen LogP contribution in [0.5, 0.6) is 0 Å². The number of benzene rings is 1. The van der Waals surface area contributed by atoms with Gasteiger partial charge in [0.15, 0.2) is 5.82 Å². The standard InChI is InChI=1S/C15H15ClN4/c1-11-14(8-16)15(19(2)18-11)20-10-13(9-17-20)12-6-4-3-5-7-12/h3-7,9-10H,8H2,1-2H3. The van der Waals surface area contributed by atoms with Crippen molar-refractivity contribution in [1.29, 1.82) is 0 Å². The summed E-state index contributed by atoms with van der Waals surface area (Å²) in [5, 5.41) is 8.85. The van der Waals surface area contributed by atoms with Crippen LogP contribution in [-0.2, 0) is 12.9 Å². The zero-order valence-corrected chi connectivity index (χ0v) is 12.2. The number of halogens is 1. The molecule has 0 saturated carbocycles. The second kappa shape index (κ2) is 5.13. The van der Waals surface area contributed by atoms with Crippen molar-refractivity contribution in [2.45, 2.75) is 12.8 Å². The smallest absolute Gasteiger partial charge is 0.156 e. The topological polar surface area (TPSA) is 35.6 Å². The van der Waals surface area contributed by atoms with Crippen molar-refractivity contribution in [2.75, 3.05) is 0 Å². The Morgan fingerprint density at radius 2 is 1.90 bits per heavy atom. The molecule has 0 N–H and O–H groups in total. The fraction of sp³-hybridized carbons (Fsp3) is 0.200. The van der Waals surface area contributed by atoms with Gasteiger partial charge in [-0.1, -0.05) is 30.3 Å². The fourth-order valence-electron chi connectivity index (χ4n) is 2.35.